The SMILES string of the molecule is CN(Cc1ccc(N(C)C)cc1)C(=O)CNC(=O)c1ccc(C(C)(C)C)cc1. The van der Waals surface area contributed by atoms with Crippen molar-refractivity contribution in [3.05, 3.63) is 65.2 Å². The molecule has 0 unspecified atom stereocenters. The van der Waals surface area contributed by atoms with E-state index in [-0.39, 0.29) is 23.8 Å². The Balaban J connectivity index is 1.87. The average molecular weight is 382 g/mol. The molecule has 1 N–H and O–H groups in total. The number of anilines is 1. The predicted octanol–water partition coefficient (Wildman–Crippen LogP) is 3.44. The van der Waals surface area contributed by atoms with Crippen molar-refractivity contribution in [1.82, 2.24) is 10.2 Å². The minimum atomic E-state index is -0.238. The van der Waals surface area contributed by atoms with Gasteiger partial charge in [-0.05, 0) is 40.8 Å². The maximum Gasteiger partial charge on any atom is 0.251 e. The normalized spacial score (nSPS) is 11.1. The van der Waals surface area contributed by atoms with Crippen LogP contribution in [-0.4, -0.2) is 44.4 Å². The Morgan fingerprint density at radius 1 is 0.893 bits per heavy atom. The lowest BCUT2D eigenvalue weighted by Gasteiger charge is -2.20. The third-order valence-corrected chi connectivity index (χ3v) is 4.71. The van der Waals surface area contributed by atoms with Crippen LogP contribution in [0.3, 0.4) is 0 Å². The topological polar surface area (TPSA) is 52.6 Å². The Labute approximate surface area is 168 Å². The molecule has 0 atom stereocenters. The van der Waals surface area contributed by atoms with Crippen LogP contribution in [0.25, 0.3) is 0 Å². The van der Waals surface area contributed by atoms with Gasteiger partial charge in [0.2, 0.25) is 5.91 Å². The molecule has 28 heavy (non-hydrogen) atoms. The first-order valence-electron chi connectivity index (χ1n) is 9.47. The van der Waals surface area contributed by atoms with Crippen molar-refractivity contribution in [2.45, 2.75) is 32.7 Å². The highest BCUT2D eigenvalue weighted by Gasteiger charge is 2.15. The predicted molar refractivity (Wildman–Crippen MR) is 115 cm³/mol. The lowest BCUT2D eigenvalue weighted by molar-refractivity contribution is -0.129. The number of carbonyl (C=O) groups is 2. The molecule has 0 aliphatic carbocycles. The van der Waals surface area contributed by atoms with Crippen molar-refractivity contribution in [3.8, 4) is 0 Å². The summed E-state index contributed by atoms with van der Waals surface area (Å²) in [7, 11) is 5.72. The molecule has 0 heterocycles. The third-order valence-electron chi connectivity index (χ3n) is 4.71. The highest BCUT2D eigenvalue weighted by Crippen LogP contribution is 2.22. The van der Waals surface area contributed by atoms with Crippen molar-refractivity contribution in [2.75, 3.05) is 32.6 Å². The van der Waals surface area contributed by atoms with Gasteiger partial charge in [0.1, 0.15) is 0 Å². The molecule has 0 saturated carbocycles. The van der Waals surface area contributed by atoms with Gasteiger partial charge < -0.3 is 15.1 Å². The van der Waals surface area contributed by atoms with Crippen LogP contribution in [0.15, 0.2) is 48.5 Å². The van der Waals surface area contributed by atoms with E-state index in [1.807, 2.05) is 55.4 Å². The molecule has 0 fully saturated rings. The van der Waals surface area contributed by atoms with E-state index in [4.69, 9.17) is 0 Å². The van der Waals surface area contributed by atoms with Gasteiger partial charge in [-0.1, -0.05) is 45.0 Å². The Morgan fingerprint density at radius 3 is 1.96 bits per heavy atom. The molecule has 2 aromatic rings. The summed E-state index contributed by atoms with van der Waals surface area (Å²) < 4.78 is 0. The molecule has 0 saturated heterocycles. The first-order chi connectivity index (χ1) is 13.1. The van der Waals surface area contributed by atoms with Crippen molar-refractivity contribution >= 4 is 17.5 Å². The van der Waals surface area contributed by atoms with Gasteiger partial charge in [-0.2, -0.15) is 0 Å². The van der Waals surface area contributed by atoms with Crippen LogP contribution in [0.2, 0.25) is 0 Å². The van der Waals surface area contributed by atoms with E-state index in [9.17, 15) is 9.59 Å². The number of hydrogen-bond donors (Lipinski definition) is 1. The zero-order valence-electron chi connectivity index (χ0n) is 17.7. The number of benzene rings is 2. The number of amides is 2. The smallest absolute Gasteiger partial charge is 0.251 e. The molecule has 2 rings (SSSR count). The number of carbonyl (C=O) groups excluding carboxylic acids is 2. The van der Waals surface area contributed by atoms with Crippen LogP contribution in [-0.2, 0) is 16.8 Å². The number of nitrogens with one attached hydrogen (secondary N) is 1. The van der Waals surface area contributed by atoms with Gasteiger partial charge in [-0.15, -0.1) is 0 Å². The van der Waals surface area contributed by atoms with Crippen LogP contribution in [0.1, 0.15) is 42.3 Å². The Kier molecular flexibility index (Phi) is 6.84. The van der Waals surface area contributed by atoms with E-state index in [1.165, 1.54) is 5.56 Å². The minimum absolute atomic E-state index is 0.0217. The first-order valence-corrected chi connectivity index (χ1v) is 9.47. The van der Waals surface area contributed by atoms with Gasteiger partial charge in [-0.3, -0.25) is 9.59 Å². The van der Waals surface area contributed by atoms with E-state index < -0.39 is 0 Å². The van der Waals surface area contributed by atoms with Gasteiger partial charge in [0, 0.05) is 38.9 Å². The van der Waals surface area contributed by atoms with Crippen LogP contribution in [0, 0.1) is 0 Å². The molecule has 150 valence electrons. The second kappa shape index (κ2) is 8.91. The fourth-order valence-electron chi connectivity index (χ4n) is 2.78. The average Bonchev–Trinajstić information content (AvgIpc) is 2.65. The monoisotopic (exact) mass is 381 g/mol. The summed E-state index contributed by atoms with van der Waals surface area (Å²) in [6.07, 6.45) is 0. The summed E-state index contributed by atoms with van der Waals surface area (Å²) in [6, 6.07) is 15.6. The molecule has 0 radical (unpaired) electrons. The van der Waals surface area contributed by atoms with E-state index >= 15 is 0 Å². The number of likely N-dealkylation sites (N-methyl/N-ethyl adjacent to an activating group) is 1. The maximum absolute atomic E-state index is 12.3. The van der Waals surface area contributed by atoms with Gasteiger partial charge in [0.15, 0.2) is 0 Å². The second-order valence-corrected chi connectivity index (χ2v) is 8.32. The fourth-order valence-corrected chi connectivity index (χ4v) is 2.78. The minimum Gasteiger partial charge on any atom is -0.378 e. The van der Waals surface area contributed by atoms with Gasteiger partial charge in [-0.25, -0.2) is 0 Å². The molecule has 5 nitrogen and oxygen atoms in total. The summed E-state index contributed by atoms with van der Waals surface area (Å²) in [5, 5.41) is 2.71. The molecule has 0 spiro atoms. The van der Waals surface area contributed by atoms with E-state index in [2.05, 4.69) is 26.1 Å². The molecular formula is C23H31N3O2. The number of hydrogen-bond acceptors (Lipinski definition) is 3. The van der Waals surface area contributed by atoms with E-state index in [0.717, 1.165) is 11.3 Å². The van der Waals surface area contributed by atoms with Gasteiger partial charge in [0.05, 0.1) is 6.54 Å². The van der Waals surface area contributed by atoms with Gasteiger partial charge >= 0.3 is 0 Å². The van der Waals surface area contributed by atoms with Crippen molar-refractivity contribution in [1.29, 1.82) is 0 Å². The molecule has 5 heteroatoms. The van der Waals surface area contributed by atoms with E-state index in [0.29, 0.717) is 12.1 Å². The van der Waals surface area contributed by atoms with Crippen molar-refractivity contribution < 1.29 is 9.59 Å². The zero-order valence-corrected chi connectivity index (χ0v) is 17.7. The van der Waals surface area contributed by atoms with Crippen LogP contribution < -0.4 is 10.2 Å². The summed E-state index contributed by atoms with van der Waals surface area (Å²) in [4.78, 5) is 28.3. The molecule has 2 aromatic carbocycles. The number of rotatable bonds is 6. The molecule has 0 aromatic heterocycles. The standard InChI is InChI=1S/C23H31N3O2/c1-23(2,3)19-11-9-18(10-12-19)22(28)24-15-21(27)26(6)16-17-7-13-20(14-8-17)25(4)5/h7-14H,15-16H2,1-6H3,(H,24,28). The van der Waals surface area contributed by atoms with Crippen molar-refractivity contribution in [3.63, 3.8) is 0 Å². The molecule has 0 bridgehead atoms. The quantitative estimate of drug-likeness (QED) is 0.834. The second-order valence-electron chi connectivity index (χ2n) is 8.32. The summed E-state index contributed by atoms with van der Waals surface area (Å²) in [5.74, 6) is -0.367. The Morgan fingerprint density at radius 2 is 1.46 bits per heavy atom. The summed E-state index contributed by atoms with van der Waals surface area (Å²) in [5.41, 5.74) is 3.93. The largest absolute Gasteiger partial charge is 0.378 e. The Hall–Kier alpha value is -2.82. The molecule has 2 amide bonds. The fraction of sp³-hybridized carbons (Fsp3) is 0.391. The lowest BCUT2D eigenvalue weighted by atomic mass is 9.87. The van der Waals surface area contributed by atoms with E-state index in [1.54, 1.807) is 24.1 Å². The van der Waals surface area contributed by atoms with Crippen LogP contribution in [0.5, 0.6) is 0 Å². The highest BCUT2D eigenvalue weighted by atomic mass is 16.2. The molecule has 0 aliphatic heterocycles. The van der Waals surface area contributed by atoms with Gasteiger partial charge in [0.25, 0.3) is 5.91 Å². The number of nitrogens with zero attached hydrogens (tertiary/aromatic N) is 2. The lowest BCUT2D eigenvalue weighted by Crippen LogP contribution is -2.37. The molecule has 0 aliphatic rings. The van der Waals surface area contributed by atoms with Crippen LogP contribution >= 0.6 is 0 Å². The summed E-state index contributed by atoms with van der Waals surface area (Å²) in [6.45, 7) is 6.87. The first kappa shape index (κ1) is 21.5. The van der Waals surface area contributed by atoms with Crippen molar-refractivity contribution in [2.24, 2.45) is 0 Å². The summed E-state index contributed by atoms with van der Waals surface area (Å²) >= 11 is 0. The third kappa shape index (κ3) is 5.84. The maximum atomic E-state index is 12.3. The Bertz CT molecular complexity index is 803. The highest BCUT2D eigenvalue weighted by molar-refractivity contribution is 5.96. The molecular weight excluding hydrogens is 350 g/mol. The zero-order chi connectivity index (χ0) is 20.9. The van der Waals surface area contributed by atoms with Crippen LogP contribution in [0.4, 0.5) is 5.69 Å².